The number of anilines is 1. The van der Waals surface area contributed by atoms with Crippen molar-refractivity contribution in [3.63, 3.8) is 0 Å². The summed E-state index contributed by atoms with van der Waals surface area (Å²) in [6.45, 7) is 2.23. The summed E-state index contributed by atoms with van der Waals surface area (Å²) in [4.78, 5) is 25.4. The molecule has 3 N–H and O–H groups in total. The van der Waals surface area contributed by atoms with Crippen molar-refractivity contribution in [2.45, 2.75) is 44.3 Å². The number of hydrogen-bond donors (Lipinski definition) is 2. The van der Waals surface area contributed by atoms with Gasteiger partial charge < -0.3 is 20.3 Å². The van der Waals surface area contributed by atoms with Crippen molar-refractivity contribution in [3.05, 3.63) is 39.7 Å². The van der Waals surface area contributed by atoms with E-state index in [0.717, 1.165) is 18.9 Å². The summed E-state index contributed by atoms with van der Waals surface area (Å²) < 4.78 is 31.6. The van der Waals surface area contributed by atoms with Crippen LogP contribution in [0, 0.1) is 11.6 Å². The quantitative estimate of drug-likeness (QED) is 0.870. The van der Waals surface area contributed by atoms with Gasteiger partial charge in [-0.2, -0.15) is 0 Å². The first-order valence-corrected chi connectivity index (χ1v) is 8.67. The van der Waals surface area contributed by atoms with E-state index in [1.807, 2.05) is 6.92 Å². The van der Waals surface area contributed by atoms with Crippen molar-refractivity contribution in [1.82, 2.24) is 4.57 Å². The molecule has 1 saturated heterocycles. The zero-order chi connectivity index (χ0) is 18.7. The largest absolute Gasteiger partial charge is 0.477 e. The predicted octanol–water partition coefficient (Wildman–Crippen LogP) is 2.24. The van der Waals surface area contributed by atoms with E-state index in [1.54, 1.807) is 4.90 Å². The van der Waals surface area contributed by atoms with Crippen LogP contribution in [0.2, 0.25) is 0 Å². The highest BCUT2D eigenvalue weighted by Crippen LogP contribution is 2.41. The van der Waals surface area contributed by atoms with Crippen molar-refractivity contribution in [1.29, 1.82) is 0 Å². The molecule has 2 aliphatic rings. The topological polar surface area (TPSA) is 88.6 Å². The van der Waals surface area contributed by atoms with E-state index in [2.05, 4.69) is 0 Å². The second kappa shape index (κ2) is 5.77. The lowest BCUT2D eigenvalue weighted by molar-refractivity contribution is 0.0695. The lowest BCUT2D eigenvalue weighted by atomic mass is 9.93. The van der Waals surface area contributed by atoms with Gasteiger partial charge >= 0.3 is 5.97 Å². The first-order chi connectivity index (χ1) is 12.3. The summed E-state index contributed by atoms with van der Waals surface area (Å²) in [7, 11) is 0. The summed E-state index contributed by atoms with van der Waals surface area (Å²) in [5, 5.41) is 9.01. The molecule has 2 atom stereocenters. The second-order valence-electron chi connectivity index (χ2n) is 7.02. The molecule has 8 heteroatoms. The Hall–Kier alpha value is -2.48. The van der Waals surface area contributed by atoms with Gasteiger partial charge in [-0.1, -0.05) is 6.92 Å². The van der Waals surface area contributed by atoms with Crippen LogP contribution >= 0.6 is 0 Å². The number of carboxylic acid groups (broad SMARTS) is 1. The van der Waals surface area contributed by atoms with Crippen molar-refractivity contribution < 1.29 is 18.7 Å². The number of halogens is 2. The molecule has 0 spiro atoms. The van der Waals surface area contributed by atoms with Gasteiger partial charge in [0.25, 0.3) is 0 Å². The van der Waals surface area contributed by atoms with Crippen LogP contribution in [0.4, 0.5) is 14.5 Å². The number of aromatic carboxylic acids is 1. The molecule has 0 bridgehead atoms. The smallest absolute Gasteiger partial charge is 0.341 e. The third-order valence-corrected chi connectivity index (χ3v) is 5.36. The van der Waals surface area contributed by atoms with Crippen LogP contribution in [-0.2, 0) is 0 Å². The van der Waals surface area contributed by atoms with Gasteiger partial charge in [0.15, 0.2) is 5.82 Å². The Morgan fingerprint density at radius 1 is 1.38 bits per heavy atom. The summed E-state index contributed by atoms with van der Waals surface area (Å²) in [5.74, 6) is -3.11. The SMILES string of the molecule is CC[C@@H]1[C@H](N)CN1c1c(F)cc2c(=O)c(C(=O)O)cn(C3CC3)c2c1F. The molecule has 2 aromatic rings. The van der Waals surface area contributed by atoms with Crippen molar-refractivity contribution >= 4 is 22.6 Å². The van der Waals surface area contributed by atoms with Gasteiger partial charge in [0.1, 0.15) is 17.1 Å². The molecule has 1 saturated carbocycles. The molecule has 0 radical (unpaired) electrons. The van der Waals surface area contributed by atoms with E-state index in [-0.39, 0.29) is 34.7 Å². The molecule has 2 fully saturated rings. The highest BCUT2D eigenvalue weighted by molar-refractivity contribution is 5.94. The molecule has 0 unspecified atom stereocenters. The van der Waals surface area contributed by atoms with Crippen LogP contribution in [0.15, 0.2) is 17.1 Å². The number of pyridine rings is 1. The summed E-state index contributed by atoms with van der Waals surface area (Å²) >= 11 is 0. The Morgan fingerprint density at radius 2 is 2.08 bits per heavy atom. The highest BCUT2D eigenvalue weighted by atomic mass is 19.1. The molecule has 6 nitrogen and oxygen atoms in total. The number of carboxylic acids is 1. The Balaban J connectivity index is 2.01. The number of hydrogen-bond acceptors (Lipinski definition) is 4. The fraction of sp³-hybridized carbons (Fsp3) is 0.444. The Bertz CT molecular complexity index is 984. The number of rotatable bonds is 4. The van der Waals surface area contributed by atoms with E-state index in [4.69, 9.17) is 5.73 Å². The van der Waals surface area contributed by atoms with Crippen LogP contribution in [0.25, 0.3) is 10.9 Å². The maximum absolute atomic E-state index is 15.4. The number of nitrogens with two attached hydrogens (primary N) is 1. The van der Waals surface area contributed by atoms with E-state index in [1.165, 1.54) is 10.8 Å². The maximum Gasteiger partial charge on any atom is 0.341 e. The van der Waals surface area contributed by atoms with Crippen molar-refractivity contribution in [2.75, 3.05) is 11.4 Å². The van der Waals surface area contributed by atoms with Crippen molar-refractivity contribution in [3.8, 4) is 0 Å². The summed E-state index contributed by atoms with van der Waals surface area (Å²) in [5.41, 5.74) is 4.35. The first kappa shape index (κ1) is 17.0. The molecule has 4 rings (SSSR count). The third kappa shape index (κ3) is 2.32. The third-order valence-electron chi connectivity index (χ3n) is 5.36. The van der Waals surface area contributed by atoms with E-state index >= 15 is 4.39 Å². The van der Waals surface area contributed by atoms with Gasteiger partial charge in [0.05, 0.1) is 10.9 Å². The van der Waals surface area contributed by atoms with Gasteiger partial charge in [-0.25, -0.2) is 13.6 Å². The van der Waals surface area contributed by atoms with Gasteiger partial charge in [-0.3, -0.25) is 4.79 Å². The molecule has 1 aromatic heterocycles. The molecular formula is C18H19F2N3O3. The van der Waals surface area contributed by atoms with Crippen LogP contribution in [0.1, 0.15) is 42.6 Å². The minimum absolute atomic E-state index is 0.0331. The normalized spacial score (nSPS) is 22.5. The van der Waals surface area contributed by atoms with Crippen LogP contribution < -0.4 is 16.1 Å². The minimum atomic E-state index is -1.41. The number of fused-ring (bicyclic) bond motifs is 1. The highest BCUT2D eigenvalue weighted by Gasteiger charge is 2.39. The average Bonchev–Trinajstić information content (AvgIpc) is 3.39. The summed E-state index contributed by atoms with van der Waals surface area (Å²) in [6.07, 6.45) is 3.34. The van der Waals surface area contributed by atoms with Gasteiger partial charge in [0, 0.05) is 30.9 Å². The lowest BCUT2D eigenvalue weighted by Crippen LogP contribution is -2.64. The molecule has 2 heterocycles. The fourth-order valence-corrected chi connectivity index (χ4v) is 3.85. The Labute approximate surface area is 147 Å². The van der Waals surface area contributed by atoms with E-state index < -0.39 is 28.6 Å². The van der Waals surface area contributed by atoms with Crippen LogP contribution in [0.3, 0.4) is 0 Å². The fourth-order valence-electron chi connectivity index (χ4n) is 3.85. The maximum atomic E-state index is 15.4. The zero-order valence-corrected chi connectivity index (χ0v) is 14.2. The van der Waals surface area contributed by atoms with Crippen LogP contribution in [-0.4, -0.2) is 34.3 Å². The number of benzene rings is 1. The molecule has 0 amide bonds. The van der Waals surface area contributed by atoms with Gasteiger partial charge in [0.2, 0.25) is 5.43 Å². The van der Waals surface area contributed by atoms with Gasteiger partial charge in [-0.05, 0) is 25.3 Å². The van der Waals surface area contributed by atoms with Crippen molar-refractivity contribution in [2.24, 2.45) is 5.73 Å². The first-order valence-electron chi connectivity index (χ1n) is 8.67. The molecule has 138 valence electrons. The zero-order valence-electron chi connectivity index (χ0n) is 14.2. The monoisotopic (exact) mass is 363 g/mol. The number of aromatic nitrogens is 1. The molecule has 1 aliphatic heterocycles. The molecule has 1 aliphatic carbocycles. The van der Waals surface area contributed by atoms with E-state index in [0.29, 0.717) is 13.0 Å². The molecule has 1 aromatic carbocycles. The molecular weight excluding hydrogens is 344 g/mol. The minimum Gasteiger partial charge on any atom is -0.477 e. The van der Waals surface area contributed by atoms with Gasteiger partial charge in [-0.15, -0.1) is 0 Å². The average molecular weight is 363 g/mol. The summed E-state index contributed by atoms with van der Waals surface area (Å²) in [6, 6.07) is 0.549. The Morgan fingerprint density at radius 3 is 2.62 bits per heavy atom. The Kier molecular flexibility index (Phi) is 3.76. The number of nitrogens with zero attached hydrogens (tertiary/aromatic N) is 2. The lowest BCUT2D eigenvalue weighted by Gasteiger charge is -2.48. The molecule has 26 heavy (non-hydrogen) atoms. The standard InChI is InChI=1S/C18H19F2N3O3/c1-2-13-12(21)7-23(13)16-11(19)5-9-15(14(16)20)22(8-3-4-8)6-10(17(9)24)18(25)26/h5-6,8,12-13H,2-4,7,21H2,1H3,(H,25,26)/t12-,13-/m1/s1. The van der Waals surface area contributed by atoms with Crippen LogP contribution in [0.5, 0.6) is 0 Å². The second-order valence-corrected chi connectivity index (χ2v) is 7.02. The predicted molar refractivity (Wildman–Crippen MR) is 92.8 cm³/mol. The van der Waals surface area contributed by atoms with E-state index in [9.17, 15) is 19.1 Å². The number of carbonyl (C=O) groups is 1.